The van der Waals surface area contributed by atoms with Gasteiger partial charge in [0.1, 0.15) is 47.1 Å². The van der Waals surface area contributed by atoms with Crippen LogP contribution < -0.4 is 16.3 Å². The zero-order chi connectivity index (χ0) is 30.1. The molecule has 2 bridgehead atoms. The molecule has 4 aromatic heterocycles. The summed E-state index contributed by atoms with van der Waals surface area (Å²) in [4.78, 5) is 44.1. The number of ether oxygens (including phenoxy) is 2. The average molecular weight is 692 g/mol. The normalized spacial score (nSPS) is 35.4. The second kappa shape index (κ2) is 11.0. The number of thiol groups is 1. The van der Waals surface area contributed by atoms with Crippen molar-refractivity contribution in [3.63, 3.8) is 0 Å². The average Bonchev–Trinajstić information content (AvgIpc) is 3.71. The molecule has 3 saturated heterocycles. The highest BCUT2D eigenvalue weighted by Gasteiger charge is 2.46. The van der Waals surface area contributed by atoms with Crippen LogP contribution in [0.25, 0.3) is 21.5 Å². The van der Waals surface area contributed by atoms with Crippen LogP contribution in [0.15, 0.2) is 23.8 Å². The van der Waals surface area contributed by atoms with Crippen LogP contribution in [0.1, 0.15) is 25.3 Å². The molecule has 18 nitrogen and oxygen atoms in total. The second-order valence-corrected chi connectivity index (χ2v) is 16.4. The summed E-state index contributed by atoms with van der Waals surface area (Å²) in [6.07, 6.45) is -1.05. The summed E-state index contributed by atoms with van der Waals surface area (Å²) < 4.78 is 52.0. The molecule has 0 saturated carbocycles. The van der Waals surface area contributed by atoms with Crippen LogP contribution in [0.3, 0.4) is 0 Å². The summed E-state index contributed by atoms with van der Waals surface area (Å²) >= 11 is 10.3. The number of aromatic nitrogens is 7. The molecule has 230 valence electrons. The Morgan fingerprint density at radius 2 is 1.74 bits per heavy atom. The second-order valence-electron chi connectivity index (χ2n) is 9.80. The minimum absolute atomic E-state index is 0.0857. The number of thiazole rings is 1. The number of nitrogens with zero attached hydrogens (tertiary/aromatic N) is 7. The van der Waals surface area contributed by atoms with Crippen molar-refractivity contribution < 1.29 is 37.0 Å². The van der Waals surface area contributed by atoms with E-state index in [4.69, 9.17) is 50.8 Å². The third-order valence-electron chi connectivity index (χ3n) is 7.07. The van der Waals surface area contributed by atoms with Crippen molar-refractivity contribution in [3.8, 4) is 0 Å². The van der Waals surface area contributed by atoms with Gasteiger partial charge in [-0.25, -0.2) is 29.5 Å². The first-order chi connectivity index (χ1) is 20.5. The van der Waals surface area contributed by atoms with Gasteiger partial charge < -0.3 is 34.9 Å². The molecule has 23 heteroatoms. The molecular weight excluding hydrogens is 668 g/mol. The minimum Gasteiger partial charge on any atom is -0.382 e. The Bertz CT molecular complexity index is 1870. The molecule has 0 aliphatic carbocycles. The summed E-state index contributed by atoms with van der Waals surface area (Å²) in [5.41, 5.74) is 12.9. The standard InChI is InChI=1S/C20H23N9O9P2S3/c21-15-13-17(25-5-23-15)28(7-27-13)12-2-9-11(36-12)4-34-40(32,42)38-10-1-8(3-33-39(31,41)37-9)35-19(10)29-18-14(43-20(29)30)16(22)24-6-26-18/h5-12,19H,1-4H2,(H,31,41)(H,32,42)(H2,21,23,25)(H2,22,24,26)/t8?,9?,10-,11-,12-,19-,39?,40?/m1/s1. The van der Waals surface area contributed by atoms with Crippen LogP contribution >= 0.6 is 37.1 Å². The summed E-state index contributed by atoms with van der Waals surface area (Å²) in [5.74, 6) is 0.314. The largest absolute Gasteiger partial charge is 0.386 e. The number of anilines is 2. The third-order valence-corrected chi connectivity index (χ3v) is 11.3. The van der Waals surface area contributed by atoms with Crippen molar-refractivity contribution in [1.82, 2.24) is 34.1 Å². The highest BCUT2D eigenvalue weighted by Crippen LogP contribution is 2.58. The summed E-state index contributed by atoms with van der Waals surface area (Å²) in [6.45, 7) is -8.51. The fourth-order valence-electron chi connectivity index (χ4n) is 5.20. The Hall–Kier alpha value is -2.13. The van der Waals surface area contributed by atoms with Gasteiger partial charge in [0.2, 0.25) is 0 Å². The van der Waals surface area contributed by atoms with Crippen molar-refractivity contribution >= 4 is 82.1 Å². The maximum atomic E-state index is 13.5. The molecule has 0 amide bonds. The molecule has 3 aliphatic heterocycles. The number of hydrogen-bond acceptors (Lipinski definition) is 17. The maximum absolute atomic E-state index is 13.5. The monoisotopic (exact) mass is 691 g/mol. The van der Waals surface area contributed by atoms with Crippen LogP contribution in [-0.2, 0) is 43.9 Å². The molecule has 7 heterocycles. The number of hydrogen-bond donors (Lipinski definition) is 4. The predicted octanol–water partition coefficient (Wildman–Crippen LogP) is 1.50. The highest BCUT2D eigenvalue weighted by molar-refractivity contribution is 8.44. The smallest absolute Gasteiger partial charge is 0.382 e. The zero-order valence-corrected chi connectivity index (χ0v) is 26.0. The number of nitrogen functional groups attached to an aromatic ring is 2. The SMILES string of the molecule is Nc1ncnc2c1ncn2[C@H]1CC2OP(O)(=S)OCC3C[C@@H](OP(=O)(S)OC[C@H]2O1)[C@H](n1c(=O)sc2c(N)ncnc21)O3. The number of nitrogens with two attached hydrogens (primary N) is 2. The fraction of sp³-hybridized carbons (Fsp3) is 0.500. The lowest BCUT2D eigenvalue weighted by atomic mass is 10.2. The Morgan fingerprint density at radius 3 is 2.56 bits per heavy atom. The number of fused-ring (bicyclic) bond motifs is 5. The van der Waals surface area contributed by atoms with E-state index in [9.17, 15) is 14.3 Å². The Morgan fingerprint density at radius 1 is 0.977 bits per heavy atom. The van der Waals surface area contributed by atoms with Gasteiger partial charge in [-0.2, -0.15) is 0 Å². The Kier molecular flexibility index (Phi) is 7.59. The fourth-order valence-corrected chi connectivity index (χ4v) is 9.05. The van der Waals surface area contributed by atoms with Gasteiger partial charge in [0, 0.05) is 12.8 Å². The van der Waals surface area contributed by atoms with Crippen LogP contribution in [0.2, 0.25) is 0 Å². The van der Waals surface area contributed by atoms with Crippen LogP contribution in [-0.4, -0.2) is 76.6 Å². The molecular formula is C20H23N9O9P2S3. The molecule has 8 atom stereocenters. The van der Waals surface area contributed by atoms with E-state index in [0.29, 0.717) is 15.9 Å². The van der Waals surface area contributed by atoms with Crippen molar-refractivity contribution in [2.75, 3.05) is 24.7 Å². The van der Waals surface area contributed by atoms with E-state index in [1.807, 2.05) is 0 Å². The van der Waals surface area contributed by atoms with Gasteiger partial charge in [-0.15, -0.1) is 0 Å². The lowest BCUT2D eigenvalue weighted by molar-refractivity contribution is -0.0577. The van der Waals surface area contributed by atoms with Gasteiger partial charge >= 0.3 is 18.4 Å². The molecule has 7 rings (SSSR count). The lowest BCUT2D eigenvalue weighted by Crippen LogP contribution is -2.30. The lowest BCUT2D eigenvalue weighted by Gasteiger charge is -2.26. The number of rotatable bonds is 2. The highest BCUT2D eigenvalue weighted by atomic mass is 32.7. The van der Waals surface area contributed by atoms with E-state index in [-0.39, 0.29) is 43.3 Å². The molecule has 3 fully saturated rings. The van der Waals surface area contributed by atoms with Gasteiger partial charge in [0.15, 0.2) is 23.3 Å². The maximum Gasteiger partial charge on any atom is 0.386 e. The van der Waals surface area contributed by atoms with Crippen molar-refractivity contribution in [2.24, 2.45) is 0 Å². The van der Waals surface area contributed by atoms with Gasteiger partial charge in [0.05, 0.1) is 31.7 Å². The Balaban J connectivity index is 1.18. The van der Waals surface area contributed by atoms with Gasteiger partial charge in [0.25, 0.3) is 0 Å². The first kappa shape index (κ1) is 29.6. The quantitative estimate of drug-likeness (QED) is 0.172. The van der Waals surface area contributed by atoms with E-state index >= 15 is 0 Å². The molecule has 3 aliphatic rings. The Labute approximate surface area is 255 Å². The van der Waals surface area contributed by atoms with Gasteiger partial charge in [-0.05, 0) is 11.8 Å². The molecule has 4 unspecified atom stereocenters. The molecule has 0 radical (unpaired) electrons. The van der Waals surface area contributed by atoms with Crippen LogP contribution in [0, 0.1) is 0 Å². The number of imidazole rings is 1. The molecule has 5 N–H and O–H groups in total. The van der Waals surface area contributed by atoms with Crippen molar-refractivity contribution in [1.29, 1.82) is 0 Å². The summed E-state index contributed by atoms with van der Waals surface area (Å²) in [6, 6.07) is 0. The van der Waals surface area contributed by atoms with E-state index in [0.717, 1.165) is 11.3 Å². The zero-order valence-electron chi connectivity index (χ0n) is 21.7. The molecule has 0 aromatic carbocycles. The first-order valence-corrected chi connectivity index (χ1v) is 18.8. The topological polar surface area (TPSA) is 236 Å². The van der Waals surface area contributed by atoms with Crippen molar-refractivity contribution in [3.05, 3.63) is 28.6 Å². The van der Waals surface area contributed by atoms with Gasteiger partial charge in [-0.3, -0.25) is 23.0 Å². The first-order valence-electron chi connectivity index (χ1n) is 12.6. The minimum atomic E-state index is -4.10. The van der Waals surface area contributed by atoms with Crippen LogP contribution in [0.5, 0.6) is 0 Å². The van der Waals surface area contributed by atoms with Crippen LogP contribution in [0.4, 0.5) is 11.6 Å². The van der Waals surface area contributed by atoms with E-state index in [1.54, 1.807) is 4.57 Å². The van der Waals surface area contributed by atoms with E-state index in [2.05, 4.69) is 37.2 Å². The van der Waals surface area contributed by atoms with E-state index < -0.39 is 55.3 Å². The molecule has 43 heavy (non-hydrogen) atoms. The molecule has 0 spiro atoms. The summed E-state index contributed by atoms with van der Waals surface area (Å²) in [5, 5.41) is 0. The third kappa shape index (κ3) is 5.62. The summed E-state index contributed by atoms with van der Waals surface area (Å²) in [7, 11) is 0. The predicted molar refractivity (Wildman–Crippen MR) is 158 cm³/mol. The van der Waals surface area contributed by atoms with Gasteiger partial charge in [-0.1, -0.05) is 23.6 Å². The van der Waals surface area contributed by atoms with Crippen molar-refractivity contribution in [2.45, 2.75) is 49.7 Å². The van der Waals surface area contributed by atoms with E-state index in [1.165, 1.54) is 23.5 Å². The molecule has 4 aromatic rings.